The van der Waals surface area contributed by atoms with Crippen LogP contribution in [0.2, 0.25) is 0 Å². The number of carbonyl (C=O) groups is 1. The Bertz CT molecular complexity index is 858. The quantitative estimate of drug-likeness (QED) is 0.804. The summed E-state index contributed by atoms with van der Waals surface area (Å²) in [6.45, 7) is 7.17. The van der Waals surface area contributed by atoms with Crippen molar-refractivity contribution in [2.75, 3.05) is 0 Å². The highest BCUT2D eigenvalue weighted by Gasteiger charge is 2.13. The number of carboxylic acids is 1. The van der Waals surface area contributed by atoms with Crippen molar-refractivity contribution in [3.63, 3.8) is 0 Å². The van der Waals surface area contributed by atoms with E-state index in [1.54, 1.807) is 16.9 Å². The second kappa shape index (κ2) is 5.50. The number of rotatable bonds is 3. The fourth-order valence-electron chi connectivity index (χ4n) is 2.49. The number of pyridine rings is 1. The minimum Gasteiger partial charge on any atom is -0.478 e. The molecule has 0 bridgehead atoms. The average Bonchev–Trinajstić information content (AvgIpc) is 2.89. The van der Waals surface area contributed by atoms with E-state index in [2.05, 4.69) is 55.1 Å². The maximum absolute atomic E-state index is 11.0. The Hall–Kier alpha value is -2.69. The number of aromatic nitrogens is 3. The summed E-state index contributed by atoms with van der Waals surface area (Å²) >= 11 is 0. The molecule has 118 valence electrons. The number of benzene rings is 1. The predicted octanol–water partition coefficient (Wildman–Crippen LogP) is 3.48. The summed E-state index contributed by atoms with van der Waals surface area (Å²) in [7, 11) is 0. The second-order valence-electron chi connectivity index (χ2n) is 6.69. The van der Waals surface area contributed by atoms with Gasteiger partial charge in [0.1, 0.15) is 0 Å². The van der Waals surface area contributed by atoms with Crippen LogP contribution in [0.1, 0.15) is 42.3 Å². The standard InChI is InChI=1S/C18H19N3O2/c1-18(2,3)15-6-4-12(5-7-15)11-21-16-13(10-20-21)8-14(9-19-16)17(22)23/h4-10H,11H2,1-3H3,(H,22,23). The molecule has 0 aliphatic heterocycles. The van der Waals surface area contributed by atoms with E-state index in [0.717, 1.165) is 10.9 Å². The zero-order valence-electron chi connectivity index (χ0n) is 13.4. The molecule has 3 aromatic rings. The molecule has 0 fully saturated rings. The van der Waals surface area contributed by atoms with Crippen molar-refractivity contribution in [2.45, 2.75) is 32.7 Å². The average molecular weight is 309 g/mol. The van der Waals surface area contributed by atoms with E-state index in [1.165, 1.54) is 11.8 Å². The molecule has 0 aliphatic carbocycles. The number of carboxylic acid groups (broad SMARTS) is 1. The van der Waals surface area contributed by atoms with Crippen LogP contribution in [0.3, 0.4) is 0 Å². The van der Waals surface area contributed by atoms with E-state index in [1.807, 2.05) is 0 Å². The first-order valence-electron chi connectivity index (χ1n) is 7.49. The molecule has 2 aromatic heterocycles. The predicted molar refractivity (Wildman–Crippen MR) is 88.7 cm³/mol. The topological polar surface area (TPSA) is 68.0 Å². The van der Waals surface area contributed by atoms with Gasteiger partial charge in [-0.25, -0.2) is 14.5 Å². The van der Waals surface area contributed by atoms with E-state index < -0.39 is 5.97 Å². The normalized spacial score (nSPS) is 11.8. The highest BCUT2D eigenvalue weighted by atomic mass is 16.4. The van der Waals surface area contributed by atoms with Gasteiger partial charge < -0.3 is 5.11 Å². The lowest BCUT2D eigenvalue weighted by molar-refractivity contribution is 0.0696. The molecule has 0 saturated carbocycles. The Kier molecular flexibility index (Phi) is 3.64. The second-order valence-corrected chi connectivity index (χ2v) is 6.69. The van der Waals surface area contributed by atoms with Crippen LogP contribution in [0.15, 0.2) is 42.7 Å². The first kappa shape index (κ1) is 15.2. The van der Waals surface area contributed by atoms with Crippen molar-refractivity contribution in [3.8, 4) is 0 Å². The van der Waals surface area contributed by atoms with Crippen LogP contribution in [-0.2, 0) is 12.0 Å². The van der Waals surface area contributed by atoms with Crippen molar-refractivity contribution in [3.05, 3.63) is 59.4 Å². The van der Waals surface area contributed by atoms with E-state index in [4.69, 9.17) is 5.11 Å². The zero-order chi connectivity index (χ0) is 16.6. The Morgan fingerprint density at radius 1 is 1.17 bits per heavy atom. The lowest BCUT2D eigenvalue weighted by Crippen LogP contribution is -2.11. The van der Waals surface area contributed by atoms with Crippen LogP contribution in [0, 0.1) is 0 Å². The van der Waals surface area contributed by atoms with Crippen LogP contribution in [0.25, 0.3) is 11.0 Å². The number of aromatic carboxylic acids is 1. The highest BCUT2D eigenvalue weighted by Crippen LogP contribution is 2.22. The van der Waals surface area contributed by atoms with Gasteiger partial charge in [0, 0.05) is 11.6 Å². The van der Waals surface area contributed by atoms with Crippen molar-refractivity contribution >= 4 is 17.0 Å². The maximum Gasteiger partial charge on any atom is 0.337 e. The number of hydrogen-bond donors (Lipinski definition) is 1. The molecule has 1 aromatic carbocycles. The van der Waals surface area contributed by atoms with Gasteiger partial charge in [0.25, 0.3) is 0 Å². The molecular formula is C18H19N3O2. The maximum atomic E-state index is 11.0. The molecule has 5 nitrogen and oxygen atoms in total. The van der Waals surface area contributed by atoms with Crippen LogP contribution in [0.4, 0.5) is 0 Å². The van der Waals surface area contributed by atoms with E-state index >= 15 is 0 Å². The van der Waals surface area contributed by atoms with Gasteiger partial charge in [0.2, 0.25) is 0 Å². The van der Waals surface area contributed by atoms with Gasteiger partial charge in [-0.1, -0.05) is 45.0 Å². The molecule has 3 rings (SSSR count). The molecule has 0 saturated heterocycles. The molecule has 0 radical (unpaired) electrons. The SMILES string of the molecule is CC(C)(C)c1ccc(Cn2ncc3cc(C(=O)O)cnc32)cc1. The first-order chi connectivity index (χ1) is 10.8. The van der Waals surface area contributed by atoms with Crippen molar-refractivity contribution in [1.82, 2.24) is 14.8 Å². The Morgan fingerprint density at radius 3 is 2.48 bits per heavy atom. The van der Waals surface area contributed by atoms with Crippen LogP contribution in [-0.4, -0.2) is 25.8 Å². The van der Waals surface area contributed by atoms with Gasteiger partial charge >= 0.3 is 5.97 Å². The lowest BCUT2D eigenvalue weighted by Gasteiger charge is -2.19. The largest absolute Gasteiger partial charge is 0.478 e. The summed E-state index contributed by atoms with van der Waals surface area (Å²) in [6, 6.07) is 10.1. The highest BCUT2D eigenvalue weighted by molar-refractivity contribution is 5.91. The molecular weight excluding hydrogens is 290 g/mol. The third kappa shape index (κ3) is 3.08. The summed E-state index contributed by atoms with van der Waals surface area (Å²) in [6.07, 6.45) is 3.02. The number of hydrogen-bond acceptors (Lipinski definition) is 3. The van der Waals surface area contributed by atoms with Crippen molar-refractivity contribution < 1.29 is 9.90 Å². The summed E-state index contributed by atoms with van der Waals surface area (Å²) in [5, 5.41) is 14.1. The van der Waals surface area contributed by atoms with Crippen LogP contribution in [0.5, 0.6) is 0 Å². The number of fused-ring (bicyclic) bond motifs is 1. The Labute approximate surface area is 134 Å². The van der Waals surface area contributed by atoms with E-state index in [9.17, 15) is 4.79 Å². The third-order valence-electron chi connectivity index (χ3n) is 3.88. The van der Waals surface area contributed by atoms with Gasteiger partial charge in [-0.2, -0.15) is 5.10 Å². The van der Waals surface area contributed by atoms with Crippen LogP contribution < -0.4 is 0 Å². The lowest BCUT2D eigenvalue weighted by atomic mass is 9.87. The monoisotopic (exact) mass is 309 g/mol. The fourth-order valence-corrected chi connectivity index (χ4v) is 2.49. The zero-order valence-corrected chi connectivity index (χ0v) is 13.4. The van der Waals surface area contributed by atoms with Gasteiger partial charge in [-0.3, -0.25) is 0 Å². The van der Waals surface area contributed by atoms with Crippen molar-refractivity contribution in [1.29, 1.82) is 0 Å². The molecule has 0 atom stereocenters. The molecule has 0 unspecified atom stereocenters. The Morgan fingerprint density at radius 2 is 1.87 bits per heavy atom. The molecule has 0 aliphatic rings. The molecule has 2 heterocycles. The minimum absolute atomic E-state index is 0.131. The van der Waals surface area contributed by atoms with Gasteiger partial charge in [-0.15, -0.1) is 0 Å². The molecule has 1 N–H and O–H groups in total. The fraction of sp³-hybridized carbons (Fsp3) is 0.278. The smallest absolute Gasteiger partial charge is 0.337 e. The van der Waals surface area contributed by atoms with E-state index in [-0.39, 0.29) is 11.0 Å². The van der Waals surface area contributed by atoms with Crippen LogP contribution >= 0.6 is 0 Å². The van der Waals surface area contributed by atoms with Crippen molar-refractivity contribution in [2.24, 2.45) is 0 Å². The third-order valence-corrected chi connectivity index (χ3v) is 3.88. The summed E-state index contributed by atoms with van der Waals surface area (Å²) < 4.78 is 1.78. The van der Waals surface area contributed by atoms with Gasteiger partial charge in [0.05, 0.1) is 18.3 Å². The van der Waals surface area contributed by atoms with E-state index in [0.29, 0.717) is 12.2 Å². The summed E-state index contributed by atoms with van der Waals surface area (Å²) in [5.74, 6) is -0.982. The Balaban J connectivity index is 1.88. The minimum atomic E-state index is -0.982. The first-order valence-corrected chi connectivity index (χ1v) is 7.49. The summed E-state index contributed by atoms with van der Waals surface area (Å²) in [4.78, 5) is 15.2. The number of nitrogens with zero attached hydrogens (tertiary/aromatic N) is 3. The molecule has 0 amide bonds. The molecule has 0 spiro atoms. The van der Waals surface area contributed by atoms with Gasteiger partial charge in [-0.05, 0) is 22.6 Å². The summed E-state index contributed by atoms with van der Waals surface area (Å²) in [5.41, 5.74) is 3.41. The molecule has 5 heteroatoms. The van der Waals surface area contributed by atoms with Gasteiger partial charge in [0.15, 0.2) is 5.65 Å². The molecule has 23 heavy (non-hydrogen) atoms.